The highest BCUT2D eigenvalue weighted by molar-refractivity contribution is 7.17. The fourth-order valence-corrected chi connectivity index (χ4v) is 2.57. The van der Waals surface area contributed by atoms with E-state index in [0.717, 1.165) is 10.8 Å². The van der Waals surface area contributed by atoms with E-state index in [9.17, 15) is 4.79 Å². The highest BCUT2D eigenvalue weighted by Gasteiger charge is 2.18. The molecule has 0 radical (unpaired) electrons. The number of carbonyl (C=O) groups is 1. The standard InChI is InChI=1S/C13H16N4O2S/c1-4-19-12(18)11-9(2)16-13(20-11)17(3)8-10-7-14-5-6-15-10/h5-7H,4,8H2,1-3H3. The zero-order chi connectivity index (χ0) is 14.5. The van der Waals surface area contributed by atoms with Gasteiger partial charge in [-0.25, -0.2) is 9.78 Å². The van der Waals surface area contributed by atoms with E-state index in [1.54, 1.807) is 25.5 Å². The first-order valence-electron chi connectivity index (χ1n) is 6.22. The number of carbonyl (C=O) groups excluding carboxylic acids is 1. The van der Waals surface area contributed by atoms with Crippen LogP contribution in [0.1, 0.15) is 28.0 Å². The molecular formula is C13H16N4O2S. The minimum Gasteiger partial charge on any atom is -0.462 e. The van der Waals surface area contributed by atoms with E-state index in [4.69, 9.17) is 4.74 Å². The molecule has 0 spiro atoms. The first-order valence-corrected chi connectivity index (χ1v) is 7.04. The van der Waals surface area contributed by atoms with Crippen LogP contribution in [-0.2, 0) is 11.3 Å². The largest absolute Gasteiger partial charge is 0.462 e. The third kappa shape index (κ3) is 3.30. The molecule has 0 fully saturated rings. The molecule has 0 saturated carbocycles. The van der Waals surface area contributed by atoms with Gasteiger partial charge < -0.3 is 9.64 Å². The summed E-state index contributed by atoms with van der Waals surface area (Å²) in [6.45, 7) is 4.54. The monoisotopic (exact) mass is 292 g/mol. The van der Waals surface area contributed by atoms with Gasteiger partial charge in [0.05, 0.1) is 30.7 Å². The van der Waals surface area contributed by atoms with Crippen molar-refractivity contribution in [1.29, 1.82) is 0 Å². The number of ether oxygens (including phenoxy) is 1. The molecule has 0 aliphatic heterocycles. The first kappa shape index (κ1) is 14.4. The van der Waals surface area contributed by atoms with Gasteiger partial charge in [0.25, 0.3) is 0 Å². The molecule has 0 N–H and O–H groups in total. The lowest BCUT2D eigenvalue weighted by molar-refractivity contribution is 0.0531. The molecule has 106 valence electrons. The Labute approximate surface area is 121 Å². The average Bonchev–Trinajstić information content (AvgIpc) is 2.82. The van der Waals surface area contributed by atoms with Crippen LogP contribution in [0.15, 0.2) is 18.6 Å². The van der Waals surface area contributed by atoms with Gasteiger partial charge in [-0.3, -0.25) is 9.97 Å². The van der Waals surface area contributed by atoms with E-state index in [1.807, 2.05) is 18.9 Å². The minimum atomic E-state index is -0.318. The molecular weight excluding hydrogens is 276 g/mol. The first-order chi connectivity index (χ1) is 9.61. The number of hydrogen-bond donors (Lipinski definition) is 0. The molecule has 0 aromatic carbocycles. The third-order valence-corrected chi connectivity index (χ3v) is 3.84. The van der Waals surface area contributed by atoms with Crippen molar-refractivity contribution >= 4 is 22.4 Å². The van der Waals surface area contributed by atoms with Crippen molar-refractivity contribution in [3.63, 3.8) is 0 Å². The van der Waals surface area contributed by atoms with Gasteiger partial charge in [0.15, 0.2) is 5.13 Å². The van der Waals surface area contributed by atoms with Crippen molar-refractivity contribution in [1.82, 2.24) is 15.0 Å². The van der Waals surface area contributed by atoms with Crippen LogP contribution in [0.5, 0.6) is 0 Å². The number of esters is 1. The maximum atomic E-state index is 11.8. The fourth-order valence-electron chi connectivity index (χ4n) is 1.65. The zero-order valence-corrected chi connectivity index (χ0v) is 12.5. The second kappa shape index (κ2) is 6.42. The molecule has 20 heavy (non-hydrogen) atoms. The van der Waals surface area contributed by atoms with Gasteiger partial charge in [0.1, 0.15) is 4.88 Å². The maximum Gasteiger partial charge on any atom is 0.350 e. The van der Waals surface area contributed by atoms with Crippen molar-refractivity contribution in [2.75, 3.05) is 18.6 Å². The summed E-state index contributed by atoms with van der Waals surface area (Å²) < 4.78 is 5.01. The lowest BCUT2D eigenvalue weighted by atomic mass is 10.4. The highest BCUT2D eigenvalue weighted by Crippen LogP contribution is 2.26. The van der Waals surface area contributed by atoms with E-state index < -0.39 is 0 Å². The van der Waals surface area contributed by atoms with E-state index in [-0.39, 0.29) is 5.97 Å². The van der Waals surface area contributed by atoms with Crippen LogP contribution in [-0.4, -0.2) is 34.6 Å². The summed E-state index contributed by atoms with van der Waals surface area (Å²) in [6, 6.07) is 0. The summed E-state index contributed by atoms with van der Waals surface area (Å²) in [5.74, 6) is -0.318. The predicted octanol–water partition coefficient (Wildman–Crippen LogP) is 2.05. The van der Waals surface area contributed by atoms with Gasteiger partial charge >= 0.3 is 5.97 Å². The summed E-state index contributed by atoms with van der Waals surface area (Å²) in [7, 11) is 1.90. The van der Waals surface area contributed by atoms with Crippen molar-refractivity contribution < 1.29 is 9.53 Å². The molecule has 2 aromatic heterocycles. The zero-order valence-electron chi connectivity index (χ0n) is 11.7. The van der Waals surface area contributed by atoms with Gasteiger partial charge in [0, 0.05) is 19.4 Å². The van der Waals surface area contributed by atoms with Gasteiger partial charge in [-0.05, 0) is 13.8 Å². The quantitative estimate of drug-likeness (QED) is 0.786. The number of anilines is 1. The number of nitrogens with zero attached hydrogens (tertiary/aromatic N) is 4. The van der Waals surface area contributed by atoms with Gasteiger partial charge in [0.2, 0.25) is 0 Å². The lowest BCUT2D eigenvalue weighted by Crippen LogP contribution is -2.17. The molecule has 7 heteroatoms. The van der Waals surface area contributed by atoms with Crippen LogP contribution < -0.4 is 4.90 Å². The van der Waals surface area contributed by atoms with Gasteiger partial charge in [-0.2, -0.15) is 0 Å². The maximum absolute atomic E-state index is 11.8. The number of aryl methyl sites for hydroxylation is 1. The predicted molar refractivity (Wildman–Crippen MR) is 76.9 cm³/mol. The normalized spacial score (nSPS) is 10.3. The summed E-state index contributed by atoms with van der Waals surface area (Å²) in [4.78, 5) is 26.9. The Kier molecular flexibility index (Phi) is 4.62. The molecule has 0 amide bonds. The van der Waals surface area contributed by atoms with Gasteiger partial charge in [-0.1, -0.05) is 11.3 Å². The molecule has 0 aliphatic carbocycles. The molecule has 0 unspecified atom stereocenters. The summed E-state index contributed by atoms with van der Waals surface area (Å²) in [6.07, 6.45) is 5.00. The molecule has 0 saturated heterocycles. The van der Waals surface area contributed by atoms with E-state index in [1.165, 1.54) is 11.3 Å². The molecule has 0 atom stereocenters. The fraction of sp³-hybridized carbons (Fsp3) is 0.385. The number of hydrogen-bond acceptors (Lipinski definition) is 7. The Morgan fingerprint density at radius 3 is 2.90 bits per heavy atom. The van der Waals surface area contributed by atoms with Crippen LogP contribution >= 0.6 is 11.3 Å². The molecule has 2 heterocycles. The van der Waals surface area contributed by atoms with Crippen molar-refractivity contribution in [3.05, 3.63) is 34.9 Å². The molecule has 2 rings (SSSR count). The number of thiazole rings is 1. The summed E-state index contributed by atoms with van der Waals surface area (Å²) in [5, 5.41) is 0.760. The Morgan fingerprint density at radius 1 is 1.45 bits per heavy atom. The van der Waals surface area contributed by atoms with Crippen molar-refractivity contribution in [3.8, 4) is 0 Å². The van der Waals surface area contributed by atoms with Crippen LogP contribution in [0.4, 0.5) is 5.13 Å². The van der Waals surface area contributed by atoms with Crippen LogP contribution in [0.25, 0.3) is 0 Å². The average molecular weight is 292 g/mol. The van der Waals surface area contributed by atoms with Gasteiger partial charge in [-0.15, -0.1) is 0 Å². The Balaban J connectivity index is 2.13. The minimum absolute atomic E-state index is 0.318. The second-order valence-electron chi connectivity index (χ2n) is 4.18. The molecule has 2 aromatic rings. The van der Waals surface area contributed by atoms with Crippen LogP contribution in [0, 0.1) is 6.92 Å². The van der Waals surface area contributed by atoms with E-state index in [0.29, 0.717) is 23.7 Å². The topological polar surface area (TPSA) is 68.2 Å². The molecule has 6 nitrogen and oxygen atoms in total. The van der Waals surface area contributed by atoms with Crippen molar-refractivity contribution in [2.45, 2.75) is 20.4 Å². The second-order valence-corrected chi connectivity index (χ2v) is 5.16. The van der Waals surface area contributed by atoms with E-state index >= 15 is 0 Å². The smallest absolute Gasteiger partial charge is 0.350 e. The van der Waals surface area contributed by atoms with Crippen LogP contribution in [0.2, 0.25) is 0 Å². The Hall–Kier alpha value is -2.02. The highest BCUT2D eigenvalue weighted by atomic mass is 32.1. The SMILES string of the molecule is CCOC(=O)c1sc(N(C)Cc2cnccn2)nc1C. The van der Waals surface area contributed by atoms with E-state index in [2.05, 4.69) is 15.0 Å². The number of rotatable bonds is 5. The molecule has 0 aliphatic rings. The summed E-state index contributed by atoms with van der Waals surface area (Å²) >= 11 is 1.33. The molecule has 0 bridgehead atoms. The summed E-state index contributed by atoms with van der Waals surface area (Å²) in [5.41, 5.74) is 1.54. The van der Waals surface area contributed by atoms with Crippen molar-refractivity contribution in [2.24, 2.45) is 0 Å². The van der Waals surface area contributed by atoms with Crippen LogP contribution in [0.3, 0.4) is 0 Å². The number of aromatic nitrogens is 3. The Bertz CT molecular complexity index is 585. The lowest BCUT2D eigenvalue weighted by Gasteiger charge is -2.14. The third-order valence-electron chi connectivity index (χ3n) is 2.59. The Morgan fingerprint density at radius 2 is 2.25 bits per heavy atom.